The van der Waals surface area contributed by atoms with Gasteiger partial charge in [0.2, 0.25) is 21.8 Å². The smallest absolute Gasteiger partial charge is 0.244 e. The molecule has 0 saturated heterocycles. The van der Waals surface area contributed by atoms with E-state index in [1.807, 2.05) is 31.2 Å². The van der Waals surface area contributed by atoms with Crippen molar-refractivity contribution in [2.75, 3.05) is 23.7 Å². The van der Waals surface area contributed by atoms with Crippen molar-refractivity contribution in [2.24, 2.45) is 0 Å². The van der Waals surface area contributed by atoms with Gasteiger partial charge in [0, 0.05) is 22.0 Å². The van der Waals surface area contributed by atoms with Gasteiger partial charge in [0.05, 0.1) is 11.9 Å². The molecule has 0 radical (unpaired) electrons. The van der Waals surface area contributed by atoms with Gasteiger partial charge in [0.15, 0.2) is 0 Å². The zero-order valence-corrected chi connectivity index (χ0v) is 22.2. The maximum absolute atomic E-state index is 13.4. The standard InChI is InChI=1S/C22H27Br2N3O4S/c1-4-12-25-22(29)16(2)26(14-17-8-10-18(23)11-9-17)21(28)15-27(32(3,30)31)20-7-5-6-19(24)13-20/h5-11,13,16H,4,12,14-15H2,1-3H3,(H,25,29)/t16-/m1/s1. The van der Waals surface area contributed by atoms with Crippen LogP contribution in [0.1, 0.15) is 25.8 Å². The van der Waals surface area contributed by atoms with E-state index in [9.17, 15) is 18.0 Å². The molecular formula is C22H27Br2N3O4S. The van der Waals surface area contributed by atoms with Gasteiger partial charge >= 0.3 is 0 Å². The molecule has 0 aliphatic carbocycles. The lowest BCUT2D eigenvalue weighted by Crippen LogP contribution is -2.51. The Morgan fingerprint density at radius 2 is 1.72 bits per heavy atom. The van der Waals surface area contributed by atoms with E-state index in [2.05, 4.69) is 37.2 Å². The minimum Gasteiger partial charge on any atom is -0.354 e. The monoisotopic (exact) mass is 587 g/mol. The number of sulfonamides is 1. The summed E-state index contributed by atoms with van der Waals surface area (Å²) in [6.45, 7) is 3.83. The van der Waals surface area contributed by atoms with E-state index in [0.29, 0.717) is 16.7 Å². The molecule has 1 N–H and O–H groups in total. The minimum atomic E-state index is -3.74. The molecule has 32 heavy (non-hydrogen) atoms. The van der Waals surface area contributed by atoms with Crippen LogP contribution in [0.4, 0.5) is 5.69 Å². The highest BCUT2D eigenvalue weighted by molar-refractivity contribution is 9.10. The quantitative estimate of drug-likeness (QED) is 0.456. The van der Waals surface area contributed by atoms with Gasteiger partial charge in [-0.2, -0.15) is 0 Å². The van der Waals surface area contributed by atoms with Crippen LogP contribution in [0.25, 0.3) is 0 Å². The fourth-order valence-corrected chi connectivity index (χ4v) is 4.50. The van der Waals surface area contributed by atoms with Crippen LogP contribution in [0, 0.1) is 0 Å². The van der Waals surface area contributed by atoms with E-state index in [1.54, 1.807) is 31.2 Å². The van der Waals surface area contributed by atoms with Gasteiger partial charge < -0.3 is 10.2 Å². The second kappa shape index (κ2) is 11.8. The Balaban J connectivity index is 2.35. The van der Waals surface area contributed by atoms with Crippen molar-refractivity contribution in [2.45, 2.75) is 32.9 Å². The van der Waals surface area contributed by atoms with Gasteiger partial charge in [-0.3, -0.25) is 13.9 Å². The highest BCUT2D eigenvalue weighted by Crippen LogP contribution is 2.23. The van der Waals surface area contributed by atoms with Crippen LogP contribution >= 0.6 is 31.9 Å². The fourth-order valence-electron chi connectivity index (χ4n) is 3.01. The highest BCUT2D eigenvalue weighted by atomic mass is 79.9. The number of anilines is 1. The summed E-state index contributed by atoms with van der Waals surface area (Å²) in [7, 11) is -3.74. The third-order valence-corrected chi connectivity index (χ3v) is 6.92. The highest BCUT2D eigenvalue weighted by Gasteiger charge is 2.30. The van der Waals surface area contributed by atoms with E-state index in [4.69, 9.17) is 0 Å². The molecule has 0 heterocycles. The van der Waals surface area contributed by atoms with Crippen molar-refractivity contribution in [1.82, 2.24) is 10.2 Å². The summed E-state index contributed by atoms with van der Waals surface area (Å²) in [5, 5.41) is 2.81. The fraction of sp³-hybridized carbons (Fsp3) is 0.364. The normalized spacial score (nSPS) is 12.2. The molecule has 7 nitrogen and oxygen atoms in total. The molecule has 2 rings (SSSR count). The topological polar surface area (TPSA) is 86.8 Å². The maximum atomic E-state index is 13.4. The first-order valence-corrected chi connectivity index (χ1v) is 13.5. The number of halogens is 2. The average molecular weight is 589 g/mol. The molecule has 10 heteroatoms. The van der Waals surface area contributed by atoms with E-state index >= 15 is 0 Å². The lowest BCUT2D eigenvalue weighted by atomic mass is 10.1. The van der Waals surface area contributed by atoms with Gasteiger partial charge in [-0.1, -0.05) is 57.0 Å². The van der Waals surface area contributed by atoms with Crippen LogP contribution in [-0.4, -0.2) is 50.5 Å². The Hall–Kier alpha value is -1.91. The first kappa shape index (κ1) is 26.3. The van der Waals surface area contributed by atoms with Gasteiger partial charge in [0.25, 0.3) is 0 Å². The Kier molecular flexibility index (Phi) is 9.72. The molecule has 0 saturated carbocycles. The van der Waals surface area contributed by atoms with E-state index in [1.165, 1.54) is 4.90 Å². The van der Waals surface area contributed by atoms with E-state index in [-0.39, 0.29) is 12.5 Å². The Morgan fingerprint density at radius 3 is 2.28 bits per heavy atom. The number of rotatable bonds is 10. The summed E-state index contributed by atoms with van der Waals surface area (Å²) in [4.78, 5) is 27.4. The number of benzene rings is 2. The molecule has 2 amide bonds. The van der Waals surface area contributed by atoms with Crippen LogP contribution in [0.5, 0.6) is 0 Å². The van der Waals surface area contributed by atoms with Crippen molar-refractivity contribution >= 4 is 59.4 Å². The summed E-state index contributed by atoms with van der Waals surface area (Å²) in [6, 6.07) is 13.3. The van der Waals surface area contributed by atoms with Crippen molar-refractivity contribution < 1.29 is 18.0 Å². The first-order chi connectivity index (χ1) is 15.0. The van der Waals surface area contributed by atoms with Crippen molar-refractivity contribution in [1.29, 1.82) is 0 Å². The average Bonchev–Trinajstić information content (AvgIpc) is 2.73. The van der Waals surface area contributed by atoms with Gasteiger partial charge in [0.1, 0.15) is 12.6 Å². The molecule has 0 bridgehead atoms. The summed E-state index contributed by atoms with van der Waals surface area (Å²) in [5.41, 5.74) is 1.19. The first-order valence-electron chi connectivity index (χ1n) is 10.1. The number of amides is 2. The molecule has 0 aliphatic rings. The maximum Gasteiger partial charge on any atom is 0.244 e. The summed E-state index contributed by atoms with van der Waals surface area (Å²) in [5.74, 6) is -0.761. The van der Waals surface area contributed by atoms with Crippen LogP contribution in [0.2, 0.25) is 0 Å². The Bertz CT molecular complexity index is 1050. The van der Waals surface area contributed by atoms with Crippen LogP contribution < -0.4 is 9.62 Å². The molecule has 2 aromatic carbocycles. The predicted molar refractivity (Wildman–Crippen MR) is 134 cm³/mol. The van der Waals surface area contributed by atoms with Crippen LogP contribution in [0.3, 0.4) is 0 Å². The number of hydrogen-bond acceptors (Lipinski definition) is 4. The SMILES string of the molecule is CCCNC(=O)[C@@H](C)N(Cc1ccc(Br)cc1)C(=O)CN(c1cccc(Br)c1)S(C)(=O)=O. The molecule has 0 spiro atoms. The predicted octanol–water partition coefficient (Wildman–Crippen LogP) is 3.92. The minimum absolute atomic E-state index is 0.170. The molecule has 0 unspecified atom stereocenters. The number of hydrogen-bond donors (Lipinski definition) is 1. The molecule has 0 aliphatic heterocycles. The van der Waals surface area contributed by atoms with Crippen molar-refractivity contribution in [3.8, 4) is 0 Å². The molecule has 0 fully saturated rings. The van der Waals surface area contributed by atoms with Gasteiger partial charge in [-0.15, -0.1) is 0 Å². The number of nitrogens with one attached hydrogen (secondary N) is 1. The molecule has 1 atom stereocenters. The Morgan fingerprint density at radius 1 is 1.06 bits per heavy atom. The second-order valence-corrected chi connectivity index (χ2v) is 11.1. The second-order valence-electron chi connectivity index (χ2n) is 7.36. The van der Waals surface area contributed by atoms with E-state index in [0.717, 1.165) is 27.0 Å². The number of carbonyl (C=O) groups is 2. The molecular weight excluding hydrogens is 562 g/mol. The lowest BCUT2D eigenvalue weighted by molar-refractivity contribution is -0.139. The summed E-state index contributed by atoms with van der Waals surface area (Å²) < 4.78 is 27.6. The largest absolute Gasteiger partial charge is 0.354 e. The van der Waals surface area contributed by atoms with Crippen LogP contribution in [-0.2, 0) is 26.2 Å². The van der Waals surface area contributed by atoms with Crippen molar-refractivity contribution in [3.63, 3.8) is 0 Å². The Labute approximate surface area is 206 Å². The lowest BCUT2D eigenvalue weighted by Gasteiger charge is -2.31. The van der Waals surface area contributed by atoms with Gasteiger partial charge in [-0.25, -0.2) is 8.42 Å². The third-order valence-electron chi connectivity index (χ3n) is 4.76. The van der Waals surface area contributed by atoms with Crippen molar-refractivity contribution in [3.05, 3.63) is 63.0 Å². The third kappa shape index (κ3) is 7.60. The zero-order valence-electron chi connectivity index (χ0n) is 18.2. The van der Waals surface area contributed by atoms with E-state index < -0.39 is 28.5 Å². The molecule has 174 valence electrons. The zero-order chi connectivity index (χ0) is 23.9. The molecule has 0 aromatic heterocycles. The van der Waals surface area contributed by atoms with Gasteiger partial charge in [-0.05, 0) is 49.2 Å². The summed E-state index contributed by atoms with van der Waals surface area (Å²) >= 11 is 6.72. The van der Waals surface area contributed by atoms with Crippen LogP contribution in [0.15, 0.2) is 57.5 Å². The number of carbonyl (C=O) groups excluding carboxylic acids is 2. The number of nitrogens with zero attached hydrogens (tertiary/aromatic N) is 2. The summed E-state index contributed by atoms with van der Waals surface area (Å²) in [6.07, 6.45) is 1.82. The molecule has 2 aromatic rings.